The van der Waals surface area contributed by atoms with Gasteiger partial charge in [0.1, 0.15) is 5.75 Å². The first-order valence-corrected chi connectivity index (χ1v) is 6.09. The third-order valence-electron chi connectivity index (χ3n) is 3.09. The average molecular weight is 218 g/mol. The number of carbonyl (C=O) groups is 1. The Balaban J connectivity index is 2.14. The van der Waals surface area contributed by atoms with Gasteiger partial charge in [-0.05, 0) is 31.4 Å². The van der Waals surface area contributed by atoms with Crippen LogP contribution in [-0.4, -0.2) is 12.4 Å². The molecule has 1 aliphatic carbocycles. The minimum absolute atomic E-state index is 0.242. The predicted molar refractivity (Wildman–Crippen MR) is 63.9 cm³/mol. The lowest BCUT2D eigenvalue weighted by Crippen LogP contribution is -2.22. The van der Waals surface area contributed by atoms with Gasteiger partial charge in [0.25, 0.3) is 0 Å². The van der Waals surface area contributed by atoms with Crippen molar-refractivity contribution in [2.24, 2.45) is 5.92 Å². The van der Waals surface area contributed by atoms with Gasteiger partial charge in [-0.15, -0.1) is 0 Å². The van der Waals surface area contributed by atoms with Crippen molar-refractivity contribution >= 4 is 5.78 Å². The van der Waals surface area contributed by atoms with Crippen molar-refractivity contribution in [1.29, 1.82) is 0 Å². The molecule has 0 aliphatic heterocycles. The van der Waals surface area contributed by atoms with Crippen LogP contribution in [-0.2, 0) is 0 Å². The second-order valence-corrected chi connectivity index (χ2v) is 4.34. The van der Waals surface area contributed by atoms with Gasteiger partial charge in [0.05, 0.1) is 12.2 Å². The molecule has 2 nitrogen and oxygen atoms in total. The summed E-state index contributed by atoms with van der Waals surface area (Å²) in [6.45, 7) is 2.74. The van der Waals surface area contributed by atoms with E-state index in [9.17, 15) is 4.79 Å². The molecule has 1 saturated carbocycles. The van der Waals surface area contributed by atoms with E-state index in [2.05, 4.69) is 6.92 Å². The van der Waals surface area contributed by atoms with Crippen LogP contribution in [0.25, 0.3) is 0 Å². The summed E-state index contributed by atoms with van der Waals surface area (Å²) in [7, 11) is 0. The summed E-state index contributed by atoms with van der Waals surface area (Å²) in [5.74, 6) is 1.26. The van der Waals surface area contributed by atoms with Crippen LogP contribution in [0.4, 0.5) is 0 Å². The van der Waals surface area contributed by atoms with Gasteiger partial charge < -0.3 is 4.74 Å². The summed E-state index contributed by atoms with van der Waals surface area (Å²) in [4.78, 5) is 12.1. The van der Waals surface area contributed by atoms with Gasteiger partial charge in [-0.3, -0.25) is 4.79 Å². The zero-order valence-corrected chi connectivity index (χ0v) is 9.74. The lowest BCUT2D eigenvalue weighted by atomic mass is 9.80. The number of rotatable bonds is 5. The minimum atomic E-state index is 0.242. The molecule has 0 amide bonds. The molecule has 1 aromatic rings. The summed E-state index contributed by atoms with van der Waals surface area (Å²) in [5.41, 5.74) is 0.764. The first-order valence-electron chi connectivity index (χ1n) is 6.09. The van der Waals surface area contributed by atoms with Crippen LogP contribution >= 0.6 is 0 Å². The first kappa shape index (κ1) is 11.2. The number of benzene rings is 1. The summed E-state index contributed by atoms with van der Waals surface area (Å²) < 4.78 is 5.61. The molecule has 16 heavy (non-hydrogen) atoms. The molecule has 0 atom stereocenters. The standard InChI is InChI=1S/C14H18O2/c1-2-10-16-13-9-4-3-8-12(13)14(15)11-6-5-7-11/h3-4,8-9,11H,2,5-7,10H2,1H3. The molecule has 0 aromatic heterocycles. The van der Waals surface area contributed by atoms with Crippen LogP contribution in [0.2, 0.25) is 0 Å². The molecule has 2 rings (SSSR count). The number of para-hydroxylation sites is 1. The van der Waals surface area contributed by atoms with Crippen molar-refractivity contribution in [2.75, 3.05) is 6.61 Å². The first-order chi connectivity index (χ1) is 7.83. The molecular weight excluding hydrogens is 200 g/mol. The van der Waals surface area contributed by atoms with Crippen LogP contribution < -0.4 is 4.74 Å². The van der Waals surface area contributed by atoms with E-state index in [1.165, 1.54) is 6.42 Å². The quantitative estimate of drug-likeness (QED) is 0.707. The Morgan fingerprint density at radius 2 is 2.12 bits per heavy atom. The second kappa shape index (κ2) is 5.15. The zero-order valence-electron chi connectivity index (χ0n) is 9.74. The van der Waals surface area contributed by atoms with Crippen molar-refractivity contribution in [3.05, 3.63) is 29.8 Å². The van der Waals surface area contributed by atoms with Crippen LogP contribution in [0.3, 0.4) is 0 Å². The van der Waals surface area contributed by atoms with Gasteiger partial charge in [-0.2, -0.15) is 0 Å². The fourth-order valence-electron chi connectivity index (χ4n) is 1.90. The molecule has 2 heteroatoms. The van der Waals surface area contributed by atoms with E-state index in [1.54, 1.807) is 0 Å². The number of carbonyl (C=O) groups excluding carboxylic acids is 1. The third kappa shape index (κ3) is 2.26. The molecule has 0 radical (unpaired) electrons. The van der Waals surface area contributed by atoms with Crippen molar-refractivity contribution in [1.82, 2.24) is 0 Å². The Morgan fingerprint density at radius 1 is 1.38 bits per heavy atom. The Labute approximate surface area is 96.6 Å². The summed E-state index contributed by atoms with van der Waals surface area (Å²) in [6.07, 6.45) is 4.24. The maximum absolute atomic E-state index is 12.1. The van der Waals surface area contributed by atoms with Crippen molar-refractivity contribution in [3.63, 3.8) is 0 Å². The maximum atomic E-state index is 12.1. The van der Waals surface area contributed by atoms with Crippen molar-refractivity contribution in [2.45, 2.75) is 32.6 Å². The van der Waals surface area contributed by atoms with Crippen molar-refractivity contribution < 1.29 is 9.53 Å². The highest BCUT2D eigenvalue weighted by atomic mass is 16.5. The molecule has 1 aromatic carbocycles. The summed E-state index contributed by atoms with van der Waals surface area (Å²) in [5, 5.41) is 0. The SMILES string of the molecule is CCCOc1ccccc1C(=O)C1CCC1. The molecule has 0 unspecified atom stereocenters. The molecule has 0 heterocycles. The molecule has 0 N–H and O–H groups in total. The lowest BCUT2D eigenvalue weighted by molar-refractivity contribution is 0.0851. The van der Waals surface area contributed by atoms with Gasteiger partial charge in [0, 0.05) is 5.92 Å². The maximum Gasteiger partial charge on any atom is 0.169 e. The van der Waals surface area contributed by atoms with Crippen LogP contribution in [0, 0.1) is 5.92 Å². The molecule has 86 valence electrons. The molecular formula is C14H18O2. The second-order valence-electron chi connectivity index (χ2n) is 4.34. The highest BCUT2D eigenvalue weighted by Crippen LogP contribution is 2.32. The number of ketones is 1. The van der Waals surface area contributed by atoms with Crippen LogP contribution in [0.15, 0.2) is 24.3 Å². The molecule has 1 fully saturated rings. The van der Waals surface area contributed by atoms with E-state index < -0.39 is 0 Å². The largest absolute Gasteiger partial charge is 0.493 e. The number of ether oxygens (including phenoxy) is 1. The van der Waals surface area contributed by atoms with Crippen molar-refractivity contribution in [3.8, 4) is 5.75 Å². The highest BCUT2D eigenvalue weighted by Gasteiger charge is 2.27. The minimum Gasteiger partial charge on any atom is -0.493 e. The Morgan fingerprint density at radius 3 is 2.75 bits per heavy atom. The summed E-state index contributed by atoms with van der Waals surface area (Å²) in [6, 6.07) is 7.60. The molecule has 0 bridgehead atoms. The number of hydrogen-bond acceptors (Lipinski definition) is 2. The van der Waals surface area contributed by atoms with Crippen LogP contribution in [0.1, 0.15) is 43.0 Å². The Hall–Kier alpha value is -1.31. The molecule has 0 saturated heterocycles. The van der Waals surface area contributed by atoms with E-state index in [4.69, 9.17) is 4.74 Å². The summed E-state index contributed by atoms with van der Waals surface area (Å²) >= 11 is 0. The molecule has 0 spiro atoms. The normalized spacial score (nSPS) is 15.6. The fourth-order valence-corrected chi connectivity index (χ4v) is 1.90. The van der Waals surface area contributed by atoms with Gasteiger partial charge in [-0.25, -0.2) is 0 Å². The number of Topliss-reactive ketones (excluding diaryl/α,β-unsaturated/α-hetero) is 1. The van der Waals surface area contributed by atoms with Gasteiger partial charge >= 0.3 is 0 Å². The average Bonchev–Trinajstić information content (AvgIpc) is 2.24. The monoisotopic (exact) mass is 218 g/mol. The zero-order chi connectivity index (χ0) is 11.4. The van der Waals surface area contributed by atoms with E-state index in [0.717, 1.165) is 30.6 Å². The van der Waals surface area contributed by atoms with E-state index in [-0.39, 0.29) is 11.7 Å². The highest BCUT2D eigenvalue weighted by molar-refractivity contribution is 6.00. The topological polar surface area (TPSA) is 26.3 Å². The lowest BCUT2D eigenvalue weighted by Gasteiger charge is -2.24. The third-order valence-corrected chi connectivity index (χ3v) is 3.09. The van der Waals surface area contributed by atoms with Gasteiger partial charge in [0.15, 0.2) is 5.78 Å². The van der Waals surface area contributed by atoms with Gasteiger partial charge in [0.2, 0.25) is 0 Å². The smallest absolute Gasteiger partial charge is 0.169 e. The number of hydrogen-bond donors (Lipinski definition) is 0. The molecule has 1 aliphatic rings. The van der Waals surface area contributed by atoms with E-state index in [0.29, 0.717) is 6.61 Å². The Kier molecular flexibility index (Phi) is 3.60. The van der Waals surface area contributed by atoms with Crippen LogP contribution in [0.5, 0.6) is 5.75 Å². The van der Waals surface area contributed by atoms with Gasteiger partial charge in [-0.1, -0.05) is 25.5 Å². The fraction of sp³-hybridized carbons (Fsp3) is 0.500. The van der Waals surface area contributed by atoms with E-state index >= 15 is 0 Å². The predicted octanol–water partition coefficient (Wildman–Crippen LogP) is 3.46. The Bertz CT molecular complexity index is 367. The van der Waals surface area contributed by atoms with E-state index in [1.807, 2.05) is 24.3 Å².